The third kappa shape index (κ3) is 8.05. The largest absolute Gasteiger partial charge is 0.494 e. The van der Waals surface area contributed by atoms with Crippen molar-refractivity contribution in [2.45, 2.75) is 87.3 Å². The third-order valence-corrected chi connectivity index (χ3v) is 10.3. The summed E-state index contributed by atoms with van der Waals surface area (Å²) in [7, 11) is -4.11. The molecule has 2 aromatic carbocycles. The molecular weight excluding hydrogens is 638 g/mol. The van der Waals surface area contributed by atoms with Gasteiger partial charge in [0.1, 0.15) is 11.3 Å². The number of carbonyl (C=O) groups is 2. The van der Waals surface area contributed by atoms with E-state index in [9.17, 15) is 31.2 Å². The van der Waals surface area contributed by atoms with E-state index in [0.717, 1.165) is 37.0 Å². The quantitative estimate of drug-likeness (QED) is 0.144. The van der Waals surface area contributed by atoms with E-state index >= 15 is 13.2 Å². The first-order valence-electron chi connectivity index (χ1n) is 15.2. The molecule has 0 saturated heterocycles. The van der Waals surface area contributed by atoms with Gasteiger partial charge in [0, 0.05) is 12.8 Å². The third-order valence-electron chi connectivity index (χ3n) is 8.45. The number of amides is 2. The van der Waals surface area contributed by atoms with Crippen LogP contribution in [-0.2, 0) is 31.6 Å². The average Bonchev–Trinajstić information content (AvgIpc) is 3.88. The summed E-state index contributed by atoms with van der Waals surface area (Å²) in [5, 5.41) is 1.18. The van der Waals surface area contributed by atoms with Crippen LogP contribution in [0.2, 0.25) is 0 Å². The zero-order valence-corrected chi connectivity index (χ0v) is 25.6. The molecule has 0 aromatic heterocycles. The molecule has 3 aliphatic rings. The molecule has 2 N–H and O–H groups in total. The van der Waals surface area contributed by atoms with Crippen LogP contribution in [0.4, 0.5) is 26.3 Å². The number of hydrogen-bond donors (Lipinski definition) is 2. The second-order valence-electron chi connectivity index (χ2n) is 12.2. The Bertz CT molecular complexity index is 1580. The molecule has 2 aliphatic carbocycles. The molecule has 1 aliphatic heterocycles. The van der Waals surface area contributed by atoms with E-state index in [-0.39, 0.29) is 41.9 Å². The van der Waals surface area contributed by atoms with E-state index in [1.165, 1.54) is 12.1 Å². The molecule has 5 rings (SSSR count). The predicted molar refractivity (Wildman–Crippen MR) is 157 cm³/mol. The molecule has 0 spiro atoms. The van der Waals surface area contributed by atoms with Gasteiger partial charge in [-0.05, 0) is 91.7 Å². The molecule has 14 heteroatoms. The Hall–Kier alpha value is -3.55. The van der Waals surface area contributed by atoms with E-state index in [1.807, 2.05) is 10.0 Å². The van der Waals surface area contributed by atoms with Crippen molar-refractivity contribution in [2.75, 3.05) is 6.61 Å². The zero-order valence-electron chi connectivity index (χ0n) is 24.8. The van der Waals surface area contributed by atoms with Crippen molar-refractivity contribution in [3.63, 3.8) is 0 Å². The van der Waals surface area contributed by atoms with Crippen LogP contribution < -0.4 is 14.8 Å². The molecule has 1 heterocycles. The molecule has 0 radical (unpaired) electrons. The van der Waals surface area contributed by atoms with Crippen molar-refractivity contribution in [1.29, 1.82) is 0 Å². The summed E-state index contributed by atoms with van der Waals surface area (Å²) in [6.45, 7) is 0.0597. The second-order valence-corrected chi connectivity index (χ2v) is 14.2. The van der Waals surface area contributed by atoms with E-state index in [4.69, 9.17) is 4.74 Å². The van der Waals surface area contributed by atoms with Gasteiger partial charge in [-0.25, -0.2) is 13.1 Å². The SMILES string of the molecule is O=C1NC(c2ccc(OCCCCCC(F)(F)F)cc2)(C(F)(F)F)CC(c2ccc(CC3CC3)cc2)=C1C(=O)NS(=O)(=O)C1CC1. The van der Waals surface area contributed by atoms with Crippen LogP contribution in [0.15, 0.2) is 54.1 Å². The number of alkyl halides is 6. The molecule has 2 saturated carbocycles. The lowest BCUT2D eigenvalue weighted by Gasteiger charge is -2.41. The topological polar surface area (TPSA) is 102 Å². The van der Waals surface area contributed by atoms with Crippen LogP contribution >= 0.6 is 0 Å². The standard InChI is InChI=1S/C32H34F6N2O5S/c33-31(34,35)16-2-1-3-17-45-24-12-10-23(11-13-24)30(32(36,37)38)19-26(22-8-6-21(7-9-22)18-20-4-5-20)27(28(41)39-30)29(42)40-46(43,44)25-14-15-25/h6-13,20,25H,1-5,14-19H2,(H,39,41)(H,40,42). The van der Waals surface area contributed by atoms with Crippen molar-refractivity contribution in [2.24, 2.45) is 5.92 Å². The summed E-state index contributed by atoms with van der Waals surface area (Å²) in [6, 6.07) is 11.3. The fourth-order valence-electron chi connectivity index (χ4n) is 5.56. The molecule has 2 aromatic rings. The fourth-order valence-corrected chi connectivity index (χ4v) is 6.84. The normalized spacial score (nSPS) is 20.8. The minimum absolute atomic E-state index is 0.0597. The maximum Gasteiger partial charge on any atom is 0.416 e. The van der Waals surface area contributed by atoms with Crippen molar-refractivity contribution in [3.8, 4) is 5.75 Å². The first-order valence-corrected chi connectivity index (χ1v) is 16.7. The minimum Gasteiger partial charge on any atom is -0.494 e. The lowest BCUT2D eigenvalue weighted by atomic mass is 9.76. The van der Waals surface area contributed by atoms with Crippen LogP contribution in [-0.4, -0.2) is 44.4 Å². The van der Waals surface area contributed by atoms with Gasteiger partial charge in [-0.15, -0.1) is 0 Å². The monoisotopic (exact) mass is 672 g/mol. The van der Waals surface area contributed by atoms with Crippen molar-refractivity contribution in [3.05, 3.63) is 70.8 Å². The van der Waals surface area contributed by atoms with E-state index in [0.29, 0.717) is 25.2 Å². The van der Waals surface area contributed by atoms with Gasteiger partial charge >= 0.3 is 12.4 Å². The predicted octanol–water partition coefficient (Wildman–Crippen LogP) is 6.48. The molecule has 1 unspecified atom stereocenters. The summed E-state index contributed by atoms with van der Waals surface area (Å²) in [6.07, 6.45) is -6.95. The number of sulfonamides is 1. The highest BCUT2D eigenvalue weighted by Crippen LogP contribution is 2.49. The number of unbranched alkanes of at least 4 members (excludes halogenated alkanes) is 2. The Morgan fingerprint density at radius 2 is 1.57 bits per heavy atom. The van der Waals surface area contributed by atoms with E-state index < -0.39 is 63.4 Å². The van der Waals surface area contributed by atoms with Crippen molar-refractivity contribution < 1.29 is 49.1 Å². The van der Waals surface area contributed by atoms with Gasteiger partial charge < -0.3 is 10.1 Å². The zero-order chi connectivity index (χ0) is 33.3. The smallest absolute Gasteiger partial charge is 0.416 e. The molecule has 7 nitrogen and oxygen atoms in total. The number of rotatable bonds is 13. The van der Waals surface area contributed by atoms with Crippen LogP contribution in [0.3, 0.4) is 0 Å². The summed E-state index contributed by atoms with van der Waals surface area (Å²) in [5.74, 6) is -1.94. The molecule has 46 heavy (non-hydrogen) atoms. The second kappa shape index (κ2) is 12.9. The van der Waals surface area contributed by atoms with Gasteiger partial charge in [0.25, 0.3) is 11.8 Å². The summed E-state index contributed by atoms with van der Waals surface area (Å²) in [4.78, 5) is 26.7. The van der Waals surface area contributed by atoms with Crippen LogP contribution in [0, 0.1) is 5.92 Å². The highest BCUT2D eigenvalue weighted by atomic mass is 32.2. The highest BCUT2D eigenvalue weighted by molar-refractivity contribution is 7.91. The van der Waals surface area contributed by atoms with Gasteiger partial charge in [-0.2, -0.15) is 26.3 Å². The summed E-state index contributed by atoms with van der Waals surface area (Å²) >= 11 is 0. The minimum atomic E-state index is -5.05. The molecular formula is C32H34F6N2O5S. The average molecular weight is 673 g/mol. The molecule has 0 bridgehead atoms. The molecule has 2 amide bonds. The Morgan fingerprint density at radius 1 is 0.913 bits per heavy atom. The first kappa shape index (κ1) is 33.8. The lowest BCUT2D eigenvalue weighted by molar-refractivity contribution is -0.201. The Kier molecular flexibility index (Phi) is 9.49. The highest BCUT2D eigenvalue weighted by Gasteiger charge is 2.60. The number of nitrogens with one attached hydrogen (secondary N) is 2. The van der Waals surface area contributed by atoms with Crippen molar-refractivity contribution >= 4 is 27.4 Å². The molecule has 1 atom stereocenters. The Balaban J connectivity index is 1.42. The number of ether oxygens (including phenoxy) is 1. The summed E-state index contributed by atoms with van der Waals surface area (Å²) < 4.78 is 114. The van der Waals surface area contributed by atoms with Crippen LogP contribution in [0.1, 0.15) is 74.5 Å². The van der Waals surface area contributed by atoms with Crippen LogP contribution in [0.5, 0.6) is 5.75 Å². The Labute approximate surface area is 262 Å². The van der Waals surface area contributed by atoms with E-state index in [2.05, 4.69) is 0 Å². The lowest BCUT2D eigenvalue weighted by Crippen LogP contribution is -2.60. The van der Waals surface area contributed by atoms with Gasteiger partial charge in [-0.3, -0.25) is 9.59 Å². The fraction of sp³-hybridized carbons (Fsp3) is 0.500. The number of hydrogen-bond acceptors (Lipinski definition) is 5. The van der Waals surface area contributed by atoms with Gasteiger partial charge in [-0.1, -0.05) is 36.4 Å². The molecule has 250 valence electrons. The Morgan fingerprint density at radius 3 is 2.13 bits per heavy atom. The number of benzene rings is 2. The maximum absolute atomic E-state index is 15.0. The number of carbonyl (C=O) groups excluding carboxylic acids is 2. The first-order chi connectivity index (χ1) is 21.6. The van der Waals surface area contributed by atoms with Gasteiger partial charge in [0.2, 0.25) is 10.0 Å². The van der Waals surface area contributed by atoms with Gasteiger partial charge in [0.05, 0.1) is 11.9 Å². The molecule has 2 fully saturated rings. The van der Waals surface area contributed by atoms with Crippen LogP contribution in [0.25, 0.3) is 5.57 Å². The maximum atomic E-state index is 15.0. The summed E-state index contributed by atoms with van der Waals surface area (Å²) in [5.41, 5.74) is -3.14. The number of halogens is 6. The van der Waals surface area contributed by atoms with Crippen molar-refractivity contribution in [1.82, 2.24) is 10.0 Å². The van der Waals surface area contributed by atoms with Gasteiger partial charge in [0.15, 0.2) is 5.54 Å². The van der Waals surface area contributed by atoms with E-state index in [1.54, 1.807) is 24.3 Å².